The minimum Gasteiger partial charge on any atom is -0.481 e. The second-order valence-electron chi connectivity index (χ2n) is 8.27. The summed E-state index contributed by atoms with van der Waals surface area (Å²) in [6, 6.07) is 21.2. The third kappa shape index (κ3) is 5.16. The first-order valence-corrected chi connectivity index (χ1v) is 12.6. The average Bonchev–Trinajstić information content (AvgIpc) is 3.00. The molecule has 1 N–H and O–H groups in total. The smallest absolute Gasteiger partial charge is 0.304 e. The number of halogens is 2. The van der Waals surface area contributed by atoms with E-state index >= 15 is 0 Å². The number of carboxylic acids is 1. The molecule has 1 aliphatic carbocycles. The summed E-state index contributed by atoms with van der Waals surface area (Å²) in [5.41, 5.74) is 6.98. The van der Waals surface area contributed by atoms with Crippen LogP contribution in [0, 0.1) is 5.82 Å². The van der Waals surface area contributed by atoms with Crippen molar-refractivity contribution >= 4 is 64.5 Å². The molecule has 0 saturated carbocycles. The summed E-state index contributed by atoms with van der Waals surface area (Å²) in [7, 11) is 0. The normalized spacial score (nSPS) is 14.6. The van der Waals surface area contributed by atoms with E-state index in [1.807, 2.05) is 36.4 Å². The summed E-state index contributed by atoms with van der Waals surface area (Å²) in [4.78, 5) is 15.7. The van der Waals surface area contributed by atoms with Gasteiger partial charge in [-0.1, -0.05) is 72.3 Å². The van der Waals surface area contributed by atoms with Crippen molar-refractivity contribution in [1.82, 2.24) is 4.98 Å². The Morgan fingerprint density at radius 1 is 1.00 bits per heavy atom. The molecule has 174 valence electrons. The standard InChI is InChI=1S/C29H21ClFNO2S/c30-25-17-27-21(16-26(25)31)10-12-22(32-27)11-6-18-5-7-20-9-8-19-3-1-2-4-23(19)29(24(20)15-18)35-14-13-28(33)34/h1-12,15-17,29H,13-14H2,(H,33,34)/b11-6+. The zero-order valence-corrected chi connectivity index (χ0v) is 20.2. The van der Waals surface area contributed by atoms with E-state index in [9.17, 15) is 9.18 Å². The molecule has 1 unspecified atom stereocenters. The van der Waals surface area contributed by atoms with Gasteiger partial charge in [0.25, 0.3) is 0 Å². The lowest BCUT2D eigenvalue weighted by molar-refractivity contribution is -0.136. The van der Waals surface area contributed by atoms with Gasteiger partial charge in [-0.15, -0.1) is 11.8 Å². The zero-order valence-electron chi connectivity index (χ0n) is 18.6. The van der Waals surface area contributed by atoms with Crippen LogP contribution >= 0.6 is 23.4 Å². The number of carbonyl (C=O) groups is 1. The van der Waals surface area contributed by atoms with E-state index < -0.39 is 11.8 Å². The maximum atomic E-state index is 13.7. The highest BCUT2D eigenvalue weighted by Crippen LogP contribution is 2.42. The van der Waals surface area contributed by atoms with Crippen molar-refractivity contribution in [1.29, 1.82) is 0 Å². The van der Waals surface area contributed by atoms with Gasteiger partial charge < -0.3 is 5.11 Å². The predicted molar refractivity (Wildman–Crippen MR) is 144 cm³/mol. The first-order valence-electron chi connectivity index (χ1n) is 11.2. The third-order valence-electron chi connectivity index (χ3n) is 5.91. The Balaban J connectivity index is 1.48. The van der Waals surface area contributed by atoms with Crippen molar-refractivity contribution in [2.24, 2.45) is 0 Å². The van der Waals surface area contributed by atoms with Gasteiger partial charge in [0.15, 0.2) is 0 Å². The van der Waals surface area contributed by atoms with Gasteiger partial charge in [-0.25, -0.2) is 9.37 Å². The number of hydrogen-bond donors (Lipinski definition) is 1. The van der Waals surface area contributed by atoms with Gasteiger partial charge in [0.1, 0.15) is 5.82 Å². The molecular formula is C29H21ClFNO2S. The van der Waals surface area contributed by atoms with Crippen molar-refractivity contribution in [2.75, 3.05) is 5.75 Å². The largest absolute Gasteiger partial charge is 0.481 e. The lowest BCUT2D eigenvalue weighted by Gasteiger charge is -2.20. The second-order valence-corrected chi connectivity index (χ2v) is 9.89. The number of nitrogens with zero attached hydrogens (tertiary/aromatic N) is 1. The van der Waals surface area contributed by atoms with Crippen LogP contribution in [0.25, 0.3) is 35.2 Å². The quantitative estimate of drug-likeness (QED) is 0.291. The lowest BCUT2D eigenvalue weighted by Crippen LogP contribution is -2.04. The summed E-state index contributed by atoms with van der Waals surface area (Å²) in [6.45, 7) is 0. The predicted octanol–water partition coefficient (Wildman–Crippen LogP) is 7.98. The molecule has 6 heteroatoms. The average molecular weight is 502 g/mol. The molecule has 3 nitrogen and oxygen atoms in total. The number of fused-ring (bicyclic) bond motifs is 3. The van der Waals surface area contributed by atoms with Crippen LogP contribution < -0.4 is 0 Å². The van der Waals surface area contributed by atoms with Crippen LogP contribution in [0.2, 0.25) is 5.02 Å². The van der Waals surface area contributed by atoms with Crippen molar-refractivity contribution in [2.45, 2.75) is 11.7 Å². The molecule has 3 aromatic carbocycles. The second kappa shape index (κ2) is 10.1. The van der Waals surface area contributed by atoms with Gasteiger partial charge in [0.2, 0.25) is 0 Å². The van der Waals surface area contributed by atoms with Gasteiger partial charge >= 0.3 is 5.97 Å². The number of hydrogen-bond acceptors (Lipinski definition) is 3. The molecule has 0 spiro atoms. The van der Waals surface area contributed by atoms with Crippen LogP contribution in [0.4, 0.5) is 4.39 Å². The van der Waals surface area contributed by atoms with Gasteiger partial charge in [-0.05, 0) is 58.2 Å². The van der Waals surface area contributed by atoms with Gasteiger partial charge in [0, 0.05) is 11.1 Å². The Morgan fingerprint density at radius 3 is 2.63 bits per heavy atom. The van der Waals surface area contributed by atoms with E-state index in [0.717, 1.165) is 27.9 Å². The first kappa shape index (κ1) is 23.3. The number of benzene rings is 3. The molecule has 5 rings (SSSR count). The van der Waals surface area contributed by atoms with Crippen LogP contribution in [-0.4, -0.2) is 21.8 Å². The third-order valence-corrected chi connectivity index (χ3v) is 7.48. The summed E-state index contributed by atoms with van der Waals surface area (Å²) < 4.78 is 13.7. The molecule has 0 aliphatic heterocycles. The molecule has 0 amide bonds. The number of aliphatic carboxylic acids is 1. The topological polar surface area (TPSA) is 50.2 Å². The van der Waals surface area contributed by atoms with Gasteiger partial charge in [-0.3, -0.25) is 4.79 Å². The molecule has 0 saturated heterocycles. The Morgan fingerprint density at radius 2 is 1.80 bits per heavy atom. The van der Waals surface area contributed by atoms with Gasteiger partial charge in [0.05, 0.1) is 27.9 Å². The molecule has 1 aromatic heterocycles. The molecular weight excluding hydrogens is 481 g/mol. The maximum absolute atomic E-state index is 13.7. The summed E-state index contributed by atoms with van der Waals surface area (Å²) in [5, 5.41) is 9.91. The minimum atomic E-state index is -0.790. The molecule has 1 heterocycles. The van der Waals surface area contributed by atoms with E-state index in [2.05, 4.69) is 47.5 Å². The van der Waals surface area contributed by atoms with Crippen molar-refractivity contribution in [3.8, 4) is 0 Å². The van der Waals surface area contributed by atoms with Crippen molar-refractivity contribution in [3.63, 3.8) is 0 Å². The fourth-order valence-corrected chi connectivity index (χ4v) is 5.64. The lowest BCUT2D eigenvalue weighted by atomic mass is 9.97. The molecule has 1 atom stereocenters. The highest BCUT2D eigenvalue weighted by molar-refractivity contribution is 7.99. The molecule has 0 radical (unpaired) electrons. The fraction of sp³-hybridized carbons (Fsp3) is 0.103. The Hall–Kier alpha value is -3.41. The summed E-state index contributed by atoms with van der Waals surface area (Å²) in [6.07, 6.45) is 8.28. The van der Waals surface area contributed by atoms with Crippen LogP contribution in [0.5, 0.6) is 0 Å². The SMILES string of the molecule is O=C(O)CCSC1c2ccccc2C=Cc2ccc(/C=C/c3ccc4cc(F)c(Cl)cc4n3)cc21. The monoisotopic (exact) mass is 501 g/mol. The van der Waals surface area contributed by atoms with Crippen molar-refractivity contribution < 1.29 is 14.3 Å². The Kier molecular flexibility index (Phi) is 6.71. The number of aromatic nitrogens is 1. The van der Waals surface area contributed by atoms with Crippen LogP contribution in [0.1, 0.15) is 45.2 Å². The summed E-state index contributed by atoms with van der Waals surface area (Å²) in [5.74, 6) is -0.722. The minimum absolute atomic E-state index is 0.0275. The molecule has 4 aromatic rings. The highest BCUT2D eigenvalue weighted by Gasteiger charge is 2.22. The first-order chi connectivity index (χ1) is 17.0. The van der Waals surface area contributed by atoms with E-state index in [4.69, 9.17) is 16.7 Å². The number of rotatable bonds is 6. The molecule has 0 fully saturated rings. The van der Waals surface area contributed by atoms with E-state index in [0.29, 0.717) is 16.7 Å². The number of carboxylic acid groups (broad SMARTS) is 1. The molecule has 1 aliphatic rings. The van der Waals surface area contributed by atoms with Gasteiger partial charge in [-0.2, -0.15) is 0 Å². The Labute approximate surface area is 212 Å². The fourth-order valence-electron chi connectivity index (χ4n) is 4.18. The Bertz CT molecular complexity index is 1500. The maximum Gasteiger partial charge on any atom is 0.304 e. The van der Waals surface area contributed by atoms with Crippen LogP contribution in [0.3, 0.4) is 0 Å². The molecule has 0 bridgehead atoms. The highest BCUT2D eigenvalue weighted by atomic mass is 35.5. The van der Waals surface area contributed by atoms with Crippen LogP contribution in [0.15, 0.2) is 66.7 Å². The van der Waals surface area contributed by atoms with E-state index in [-0.39, 0.29) is 16.7 Å². The number of thioether (sulfide) groups is 1. The van der Waals surface area contributed by atoms with Crippen LogP contribution in [-0.2, 0) is 4.79 Å². The molecule has 35 heavy (non-hydrogen) atoms. The summed E-state index contributed by atoms with van der Waals surface area (Å²) >= 11 is 7.57. The van der Waals surface area contributed by atoms with E-state index in [1.165, 1.54) is 17.7 Å². The number of pyridine rings is 1. The van der Waals surface area contributed by atoms with Crippen molar-refractivity contribution in [3.05, 3.63) is 111 Å². The zero-order chi connectivity index (χ0) is 24.4. The van der Waals surface area contributed by atoms with E-state index in [1.54, 1.807) is 11.8 Å².